The van der Waals surface area contributed by atoms with Crippen LogP contribution < -0.4 is 19.9 Å². The third kappa shape index (κ3) is 5.16. The summed E-state index contributed by atoms with van der Waals surface area (Å²) in [5.41, 5.74) is 3.31. The molecule has 2 aromatic rings. The van der Waals surface area contributed by atoms with Crippen LogP contribution in [0.25, 0.3) is 0 Å². The van der Waals surface area contributed by atoms with E-state index in [2.05, 4.69) is 46.3 Å². The third-order valence-electron chi connectivity index (χ3n) is 4.99. The van der Waals surface area contributed by atoms with Gasteiger partial charge in [-0.1, -0.05) is 13.3 Å². The van der Waals surface area contributed by atoms with Gasteiger partial charge in [0.25, 0.3) is 0 Å². The molecule has 3 rings (SSSR count). The lowest BCUT2D eigenvalue weighted by atomic mass is 10.2. The van der Waals surface area contributed by atoms with Gasteiger partial charge in [0.05, 0.1) is 7.11 Å². The second-order valence-electron chi connectivity index (χ2n) is 6.87. The van der Waals surface area contributed by atoms with Crippen LogP contribution >= 0.6 is 0 Å². The van der Waals surface area contributed by atoms with Crippen molar-refractivity contribution in [1.29, 1.82) is 0 Å². The summed E-state index contributed by atoms with van der Waals surface area (Å²) in [5, 5.41) is 2.97. The van der Waals surface area contributed by atoms with Crippen LogP contribution in [0.5, 0.6) is 5.75 Å². The molecule has 1 N–H and O–H groups in total. The molecule has 0 atom stereocenters. The molecule has 1 saturated heterocycles. The van der Waals surface area contributed by atoms with E-state index in [0.29, 0.717) is 6.42 Å². The molecular weight excluding hydrogens is 338 g/mol. The molecule has 0 unspecified atom stereocenters. The molecule has 1 heterocycles. The fourth-order valence-corrected chi connectivity index (χ4v) is 3.33. The van der Waals surface area contributed by atoms with Gasteiger partial charge in [-0.2, -0.15) is 0 Å². The minimum absolute atomic E-state index is 0.0951. The highest BCUT2D eigenvalue weighted by molar-refractivity contribution is 5.90. The summed E-state index contributed by atoms with van der Waals surface area (Å²) >= 11 is 0. The van der Waals surface area contributed by atoms with E-state index in [1.807, 2.05) is 24.3 Å². The molecule has 144 valence electrons. The summed E-state index contributed by atoms with van der Waals surface area (Å²) in [6, 6.07) is 16.4. The predicted molar refractivity (Wildman–Crippen MR) is 112 cm³/mol. The van der Waals surface area contributed by atoms with Gasteiger partial charge in [0.15, 0.2) is 0 Å². The topological polar surface area (TPSA) is 44.8 Å². The number of ether oxygens (including phenoxy) is 1. The van der Waals surface area contributed by atoms with Crippen molar-refractivity contribution in [2.75, 3.05) is 48.4 Å². The zero-order chi connectivity index (χ0) is 19.1. The van der Waals surface area contributed by atoms with Crippen LogP contribution in [0.1, 0.15) is 26.2 Å². The Hall–Kier alpha value is -2.69. The summed E-state index contributed by atoms with van der Waals surface area (Å²) in [7, 11) is 1.69. The normalized spacial score (nSPS) is 14.1. The van der Waals surface area contributed by atoms with E-state index in [-0.39, 0.29) is 5.91 Å². The summed E-state index contributed by atoms with van der Waals surface area (Å²) in [4.78, 5) is 16.6. The van der Waals surface area contributed by atoms with E-state index in [1.54, 1.807) is 7.11 Å². The largest absolute Gasteiger partial charge is 0.497 e. The molecule has 0 aliphatic carbocycles. The highest BCUT2D eigenvalue weighted by atomic mass is 16.5. The lowest BCUT2D eigenvalue weighted by molar-refractivity contribution is -0.116. The molecule has 27 heavy (non-hydrogen) atoms. The standard InChI is InChI=1S/C22H29N3O2/c1-3-4-5-22(26)23-18-6-8-19(9-7-18)24-14-16-25(17-15-24)20-10-12-21(27-2)13-11-20/h6-13H,3-5,14-17H2,1-2H3,(H,23,26). The molecule has 0 saturated carbocycles. The Kier molecular flexibility index (Phi) is 6.58. The highest BCUT2D eigenvalue weighted by Crippen LogP contribution is 2.24. The minimum Gasteiger partial charge on any atom is -0.497 e. The van der Waals surface area contributed by atoms with Crippen LogP contribution in [-0.4, -0.2) is 39.2 Å². The smallest absolute Gasteiger partial charge is 0.224 e. The molecule has 1 aliphatic heterocycles. The van der Waals surface area contributed by atoms with Crippen molar-refractivity contribution in [2.24, 2.45) is 0 Å². The summed E-state index contributed by atoms with van der Waals surface area (Å²) in [5.74, 6) is 0.983. The first kappa shape index (κ1) is 19.1. The van der Waals surface area contributed by atoms with Gasteiger partial charge in [-0.05, 0) is 55.0 Å². The Morgan fingerprint density at radius 3 is 1.93 bits per heavy atom. The number of carbonyl (C=O) groups excluding carboxylic acids is 1. The van der Waals surface area contributed by atoms with Gasteiger partial charge in [-0.3, -0.25) is 4.79 Å². The van der Waals surface area contributed by atoms with Crippen molar-refractivity contribution in [1.82, 2.24) is 0 Å². The Labute approximate surface area is 161 Å². The number of carbonyl (C=O) groups is 1. The first-order valence-corrected chi connectivity index (χ1v) is 9.73. The molecular formula is C22H29N3O2. The van der Waals surface area contributed by atoms with Gasteiger partial charge >= 0.3 is 0 Å². The zero-order valence-electron chi connectivity index (χ0n) is 16.3. The van der Waals surface area contributed by atoms with E-state index in [9.17, 15) is 4.79 Å². The fraction of sp³-hybridized carbons (Fsp3) is 0.409. The quantitative estimate of drug-likeness (QED) is 0.798. The third-order valence-corrected chi connectivity index (χ3v) is 4.99. The van der Waals surface area contributed by atoms with Gasteiger partial charge in [0, 0.05) is 49.7 Å². The number of methoxy groups -OCH3 is 1. The van der Waals surface area contributed by atoms with E-state index in [0.717, 1.165) is 50.5 Å². The molecule has 5 nitrogen and oxygen atoms in total. The monoisotopic (exact) mass is 367 g/mol. The number of hydrogen-bond donors (Lipinski definition) is 1. The fourth-order valence-electron chi connectivity index (χ4n) is 3.33. The molecule has 5 heteroatoms. The van der Waals surface area contributed by atoms with Crippen molar-refractivity contribution in [3.8, 4) is 5.75 Å². The van der Waals surface area contributed by atoms with Crippen LogP contribution in [0, 0.1) is 0 Å². The van der Waals surface area contributed by atoms with Gasteiger partial charge in [0.1, 0.15) is 5.75 Å². The first-order valence-electron chi connectivity index (χ1n) is 9.73. The van der Waals surface area contributed by atoms with E-state index >= 15 is 0 Å². The van der Waals surface area contributed by atoms with Crippen LogP contribution in [-0.2, 0) is 4.79 Å². The average Bonchev–Trinajstić information content (AvgIpc) is 2.73. The molecule has 1 fully saturated rings. The van der Waals surface area contributed by atoms with E-state index in [1.165, 1.54) is 11.4 Å². The van der Waals surface area contributed by atoms with E-state index < -0.39 is 0 Å². The number of unbranched alkanes of at least 4 members (excludes halogenated alkanes) is 1. The van der Waals surface area contributed by atoms with Crippen molar-refractivity contribution < 1.29 is 9.53 Å². The predicted octanol–water partition coefficient (Wildman–Crippen LogP) is 4.15. The molecule has 0 bridgehead atoms. The number of nitrogens with zero attached hydrogens (tertiary/aromatic N) is 2. The average molecular weight is 367 g/mol. The van der Waals surface area contributed by atoms with Crippen LogP contribution in [0.15, 0.2) is 48.5 Å². The molecule has 2 aromatic carbocycles. The summed E-state index contributed by atoms with van der Waals surface area (Å²) < 4.78 is 5.23. The maximum Gasteiger partial charge on any atom is 0.224 e. The van der Waals surface area contributed by atoms with E-state index in [4.69, 9.17) is 4.74 Å². The Morgan fingerprint density at radius 2 is 1.44 bits per heavy atom. The zero-order valence-corrected chi connectivity index (χ0v) is 16.3. The van der Waals surface area contributed by atoms with Gasteiger partial charge in [-0.15, -0.1) is 0 Å². The number of amides is 1. The first-order chi connectivity index (χ1) is 13.2. The van der Waals surface area contributed by atoms with Crippen molar-refractivity contribution in [3.63, 3.8) is 0 Å². The Morgan fingerprint density at radius 1 is 0.926 bits per heavy atom. The summed E-state index contributed by atoms with van der Waals surface area (Å²) in [6.07, 6.45) is 2.56. The number of benzene rings is 2. The van der Waals surface area contributed by atoms with Crippen LogP contribution in [0.3, 0.4) is 0 Å². The molecule has 1 aliphatic rings. The molecule has 0 aromatic heterocycles. The lowest BCUT2D eigenvalue weighted by Crippen LogP contribution is -2.46. The van der Waals surface area contributed by atoms with Gasteiger partial charge in [-0.25, -0.2) is 0 Å². The van der Waals surface area contributed by atoms with Crippen LogP contribution in [0.2, 0.25) is 0 Å². The van der Waals surface area contributed by atoms with Crippen molar-refractivity contribution >= 4 is 23.0 Å². The lowest BCUT2D eigenvalue weighted by Gasteiger charge is -2.37. The second-order valence-corrected chi connectivity index (χ2v) is 6.87. The number of hydrogen-bond acceptors (Lipinski definition) is 4. The maximum atomic E-state index is 11.8. The second kappa shape index (κ2) is 9.31. The van der Waals surface area contributed by atoms with Gasteiger partial charge in [0.2, 0.25) is 5.91 Å². The summed E-state index contributed by atoms with van der Waals surface area (Å²) in [6.45, 7) is 6.03. The number of anilines is 3. The number of nitrogens with one attached hydrogen (secondary N) is 1. The van der Waals surface area contributed by atoms with Gasteiger partial charge < -0.3 is 19.9 Å². The maximum absolute atomic E-state index is 11.8. The highest BCUT2D eigenvalue weighted by Gasteiger charge is 2.17. The molecule has 1 amide bonds. The Bertz CT molecular complexity index is 720. The number of piperazine rings is 1. The molecule has 0 radical (unpaired) electrons. The van der Waals surface area contributed by atoms with Crippen LogP contribution in [0.4, 0.5) is 17.1 Å². The molecule has 0 spiro atoms. The Balaban J connectivity index is 1.52. The van der Waals surface area contributed by atoms with Crippen molar-refractivity contribution in [2.45, 2.75) is 26.2 Å². The SMILES string of the molecule is CCCCC(=O)Nc1ccc(N2CCN(c3ccc(OC)cc3)CC2)cc1. The number of rotatable bonds is 7. The minimum atomic E-state index is 0.0951. The van der Waals surface area contributed by atoms with Crippen molar-refractivity contribution in [3.05, 3.63) is 48.5 Å².